The van der Waals surface area contributed by atoms with Crippen molar-refractivity contribution in [1.29, 1.82) is 0 Å². The molecule has 0 amide bonds. The van der Waals surface area contributed by atoms with Crippen LogP contribution in [0.25, 0.3) is 0 Å². The van der Waals surface area contributed by atoms with Crippen LogP contribution in [0.5, 0.6) is 0 Å². The van der Waals surface area contributed by atoms with Crippen LogP contribution in [0.2, 0.25) is 0 Å². The highest BCUT2D eigenvalue weighted by molar-refractivity contribution is 5.83. The summed E-state index contributed by atoms with van der Waals surface area (Å²) in [6.45, 7) is 1.95. The molecule has 132 valence electrons. The second kappa shape index (κ2) is 6.49. The van der Waals surface area contributed by atoms with Crippen LogP contribution in [0, 0.1) is 17.0 Å². The van der Waals surface area contributed by atoms with Crippen LogP contribution in [0.15, 0.2) is 75.0 Å². The van der Waals surface area contributed by atoms with Crippen molar-refractivity contribution in [1.82, 2.24) is 5.32 Å². The number of hydrazone groups is 1. The number of aryl methyl sites for hydroxylation is 1. The van der Waals surface area contributed by atoms with Crippen molar-refractivity contribution in [2.45, 2.75) is 19.1 Å². The highest BCUT2D eigenvalue weighted by atomic mass is 16.6. The minimum absolute atomic E-state index is 0.246. The molecule has 1 aromatic carbocycles. The predicted molar refractivity (Wildman–Crippen MR) is 94.1 cm³/mol. The second-order valence-electron chi connectivity index (χ2n) is 5.93. The Labute approximate surface area is 148 Å². The summed E-state index contributed by atoms with van der Waals surface area (Å²) in [5.41, 5.74) is 1.74. The van der Waals surface area contributed by atoms with E-state index in [2.05, 4.69) is 10.4 Å². The minimum atomic E-state index is -0.795. The molecule has 3 heterocycles. The first-order valence-corrected chi connectivity index (χ1v) is 8.05. The summed E-state index contributed by atoms with van der Waals surface area (Å²) in [7, 11) is 0. The van der Waals surface area contributed by atoms with Crippen LogP contribution in [0.1, 0.15) is 29.3 Å². The quantitative estimate of drug-likeness (QED) is 0.571. The van der Waals surface area contributed by atoms with E-state index in [0.29, 0.717) is 11.5 Å². The number of furan rings is 2. The number of hydrogen-bond acceptors (Lipinski definition) is 7. The van der Waals surface area contributed by atoms with Gasteiger partial charge in [0.2, 0.25) is 0 Å². The normalized spacial score (nSPS) is 20.0. The van der Waals surface area contributed by atoms with Crippen molar-refractivity contribution < 1.29 is 13.8 Å². The zero-order chi connectivity index (χ0) is 18.1. The monoisotopic (exact) mass is 352 g/mol. The van der Waals surface area contributed by atoms with E-state index in [1.54, 1.807) is 35.5 Å². The van der Waals surface area contributed by atoms with E-state index in [4.69, 9.17) is 8.83 Å². The number of anilines is 1. The highest BCUT2D eigenvalue weighted by Gasteiger charge is 2.43. The Morgan fingerprint density at radius 2 is 1.85 bits per heavy atom. The fourth-order valence-corrected chi connectivity index (χ4v) is 2.96. The minimum Gasteiger partial charge on any atom is -0.467 e. The Hall–Kier alpha value is -3.39. The molecule has 8 heteroatoms. The van der Waals surface area contributed by atoms with E-state index in [1.165, 1.54) is 6.26 Å². The third kappa shape index (κ3) is 2.86. The number of nitrogens with zero attached hydrogens (tertiary/aromatic N) is 3. The molecule has 26 heavy (non-hydrogen) atoms. The molecule has 0 saturated heterocycles. The average molecular weight is 352 g/mol. The summed E-state index contributed by atoms with van der Waals surface area (Å²) in [5, 5.41) is 20.8. The fraction of sp³-hybridized carbons (Fsp3) is 0.167. The Balaban J connectivity index is 1.84. The van der Waals surface area contributed by atoms with Crippen LogP contribution in [-0.2, 0) is 0 Å². The molecule has 0 saturated carbocycles. The number of nitrogens with one attached hydrogen (secondary N) is 1. The van der Waals surface area contributed by atoms with Gasteiger partial charge in [-0.1, -0.05) is 12.1 Å². The van der Waals surface area contributed by atoms with Gasteiger partial charge in [-0.2, -0.15) is 0 Å². The van der Waals surface area contributed by atoms with Gasteiger partial charge in [0.1, 0.15) is 11.5 Å². The molecule has 0 aliphatic carbocycles. The van der Waals surface area contributed by atoms with Gasteiger partial charge >= 0.3 is 5.84 Å². The van der Waals surface area contributed by atoms with E-state index in [1.807, 2.05) is 31.2 Å². The molecule has 1 aliphatic heterocycles. The topological polar surface area (TPSA) is 97.0 Å². The third-order valence-corrected chi connectivity index (χ3v) is 4.13. The largest absolute Gasteiger partial charge is 0.467 e. The maximum atomic E-state index is 11.6. The van der Waals surface area contributed by atoms with Gasteiger partial charge in [-0.15, -0.1) is 5.01 Å². The van der Waals surface area contributed by atoms with Gasteiger partial charge in [0.15, 0.2) is 12.2 Å². The van der Waals surface area contributed by atoms with Crippen molar-refractivity contribution in [3.63, 3.8) is 0 Å². The van der Waals surface area contributed by atoms with E-state index in [9.17, 15) is 10.1 Å². The maximum absolute atomic E-state index is 11.6. The average Bonchev–Trinajstić information content (AvgIpc) is 3.34. The lowest BCUT2D eigenvalue weighted by Crippen LogP contribution is -2.47. The molecular weight excluding hydrogens is 336 g/mol. The van der Waals surface area contributed by atoms with E-state index < -0.39 is 17.1 Å². The number of amidine groups is 1. The van der Waals surface area contributed by atoms with Gasteiger partial charge in [0.25, 0.3) is 0 Å². The Morgan fingerprint density at radius 3 is 2.46 bits per heavy atom. The SMILES string of the molecule is Cc1cccc(N2N=C([N+](=O)[O-])[C@@H](c3ccco3)N[C@H]2c2ccco2)c1. The van der Waals surface area contributed by atoms with Crippen LogP contribution in [0.3, 0.4) is 0 Å². The Kier molecular flexibility index (Phi) is 4.02. The van der Waals surface area contributed by atoms with Crippen molar-refractivity contribution in [2.75, 3.05) is 5.01 Å². The molecule has 0 bridgehead atoms. The summed E-state index contributed by atoms with van der Waals surface area (Å²) in [6.07, 6.45) is 2.51. The lowest BCUT2D eigenvalue weighted by atomic mass is 10.1. The van der Waals surface area contributed by atoms with E-state index in [-0.39, 0.29) is 5.84 Å². The van der Waals surface area contributed by atoms with E-state index in [0.717, 1.165) is 11.3 Å². The smallest absolute Gasteiger partial charge is 0.389 e. The fourth-order valence-electron chi connectivity index (χ4n) is 2.96. The molecule has 2 atom stereocenters. The number of nitro groups is 1. The van der Waals surface area contributed by atoms with E-state index >= 15 is 0 Å². The molecule has 1 N–H and O–H groups in total. The number of benzene rings is 1. The summed E-state index contributed by atoms with van der Waals surface area (Å²) in [6, 6.07) is 13.7. The zero-order valence-corrected chi connectivity index (χ0v) is 13.9. The first kappa shape index (κ1) is 16.1. The lowest BCUT2D eigenvalue weighted by Gasteiger charge is -2.31. The third-order valence-electron chi connectivity index (χ3n) is 4.13. The standard InChI is InChI=1S/C18H16N4O4/c1-12-5-2-6-13(11-12)21-17(15-8-4-10-26-15)19-16(14-7-3-9-25-14)18(20-21)22(23)24/h2-11,16-17,19H,1H3/t16-,17-/m1/s1. The Morgan fingerprint density at radius 1 is 1.12 bits per heavy atom. The summed E-state index contributed by atoms with van der Waals surface area (Å²) >= 11 is 0. The zero-order valence-electron chi connectivity index (χ0n) is 13.9. The number of rotatable bonds is 3. The first-order valence-electron chi connectivity index (χ1n) is 8.05. The van der Waals surface area contributed by atoms with Gasteiger partial charge in [-0.05, 0) is 53.8 Å². The molecule has 4 rings (SSSR count). The lowest BCUT2D eigenvalue weighted by molar-refractivity contribution is -0.356. The van der Waals surface area contributed by atoms with Gasteiger partial charge in [0, 0.05) is 0 Å². The molecule has 0 fully saturated rings. The van der Waals surface area contributed by atoms with Gasteiger partial charge in [-0.3, -0.25) is 5.32 Å². The molecule has 1 aliphatic rings. The first-order chi connectivity index (χ1) is 12.6. The van der Waals surface area contributed by atoms with Crippen molar-refractivity contribution in [3.8, 4) is 0 Å². The van der Waals surface area contributed by atoms with Crippen LogP contribution >= 0.6 is 0 Å². The van der Waals surface area contributed by atoms with Crippen molar-refractivity contribution in [3.05, 3.63) is 88.3 Å². The molecule has 0 spiro atoms. The van der Waals surface area contributed by atoms with Crippen LogP contribution in [0.4, 0.5) is 5.69 Å². The summed E-state index contributed by atoms with van der Waals surface area (Å²) < 4.78 is 10.9. The molecule has 0 unspecified atom stereocenters. The van der Waals surface area contributed by atoms with Crippen LogP contribution in [-0.4, -0.2) is 10.8 Å². The highest BCUT2D eigenvalue weighted by Crippen LogP contribution is 2.34. The molecule has 3 aromatic rings. The second-order valence-corrected chi connectivity index (χ2v) is 5.93. The molecule has 0 radical (unpaired) electrons. The molecule has 2 aromatic heterocycles. The predicted octanol–water partition coefficient (Wildman–Crippen LogP) is 3.62. The molecular formula is C18H16N4O4. The van der Waals surface area contributed by atoms with Crippen LogP contribution < -0.4 is 10.3 Å². The van der Waals surface area contributed by atoms with Gasteiger partial charge < -0.3 is 18.9 Å². The number of hydrogen-bond donors (Lipinski definition) is 1. The summed E-state index contributed by atoms with van der Waals surface area (Å²) in [4.78, 5) is 11.1. The van der Waals surface area contributed by atoms with Gasteiger partial charge in [-0.25, -0.2) is 0 Å². The van der Waals surface area contributed by atoms with Crippen molar-refractivity contribution >= 4 is 11.5 Å². The Bertz CT molecular complexity index is 934. The molecule has 8 nitrogen and oxygen atoms in total. The van der Waals surface area contributed by atoms with Gasteiger partial charge in [0.05, 0.1) is 23.3 Å². The summed E-state index contributed by atoms with van der Waals surface area (Å²) in [5.74, 6) is 0.763. The maximum Gasteiger partial charge on any atom is 0.389 e. The van der Waals surface area contributed by atoms with Crippen molar-refractivity contribution in [2.24, 2.45) is 5.10 Å².